The minimum absolute atomic E-state index is 0.0657. The molecule has 3 N–H and O–H groups in total. The van der Waals surface area contributed by atoms with E-state index in [0.29, 0.717) is 39.9 Å². The van der Waals surface area contributed by atoms with Gasteiger partial charge in [-0.3, -0.25) is 19.9 Å². The maximum atomic E-state index is 13.4. The largest absolute Gasteiger partial charge is 0.508 e. The average Bonchev–Trinajstić information content (AvgIpc) is 3.27. The number of benzene rings is 2. The van der Waals surface area contributed by atoms with Crippen molar-refractivity contribution in [1.29, 1.82) is 0 Å². The van der Waals surface area contributed by atoms with Gasteiger partial charge in [-0.2, -0.15) is 4.98 Å². The van der Waals surface area contributed by atoms with Crippen LogP contribution in [0.4, 0.5) is 17.3 Å². The number of anilines is 2. The molecule has 1 amide bonds. The molecule has 4 aromatic rings. The molecule has 0 bridgehead atoms. The summed E-state index contributed by atoms with van der Waals surface area (Å²) in [6.45, 7) is 1.75. The number of nitrogens with zero attached hydrogens (tertiary/aromatic N) is 5. The molecule has 11 heteroatoms. The van der Waals surface area contributed by atoms with E-state index < -0.39 is 11.0 Å². The van der Waals surface area contributed by atoms with E-state index >= 15 is 0 Å². The molecule has 0 saturated carbocycles. The van der Waals surface area contributed by atoms with Crippen molar-refractivity contribution in [3.8, 4) is 17.1 Å². The van der Waals surface area contributed by atoms with Crippen molar-refractivity contribution in [3.63, 3.8) is 0 Å². The lowest BCUT2D eigenvalue weighted by Gasteiger charge is -2.28. The van der Waals surface area contributed by atoms with Crippen molar-refractivity contribution in [2.24, 2.45) is 0 Å². The molecule has 1 unspecified atom stereocenters. The van der Waals surface area contributed by atoms with E-state index in [1.54, 1.807) is 66.3 Å². The molecular formula is C24H19N7O4. The van der Waals surface area contributed by atoms with Gasteiger partial charge in [0.15, 0.2) is 5.82 Å². The molecule has 2 aromatic carbocycles. The number of hydrogen-bond acceptors (Lipinski definition) is 8. The SMILES string of the molecule is CC1=C(C(=O)Nc2cccnc2)C(c2ccc([N+](=O)[O-])cc2)n2nc(-c3cccc(O)c3)nc2N1. The predicted molar refractivity (Wildman–Crippen MR) is 128 cm³/mol. The van der Waals surface area contributed by atoms with Gasteiger partial charge in [-0.05, 0) is 48.9 Å². The molecule has 1 aliphatic rings. The fourth-order valence-corrected chi connectivity index (χ4v) is 3.93. The smallest absolute Gasteiger partial charge is 0.269 e. The van der Waals surface area contributed by atoms with Crippen molar-refractivity contribution >= 4 is 23.2 Å². The summed E-state index contributed by atoms with van der Waals surface area (Å²) in [5, 5.41) is 31.6. The zero-order chi connectivity index (χ0) is 24.5. The zero-order valence-electron chi connectivity index (χ0n) is 18.4. The van der Waals surface area contributed by atoms with Gasteiger partial charge < -0.3 is 15.7 Å². The zero-order valence-corrected chi connectivity index (χ0v) is 18.4. The highest BCUT2D eigenvalue weighted by molar-refractivity contribution is 6.06. The van der Waals surface area contributed by atoms with Crippen LogP contribution in [0.3, 0.4) is 0 Å². The molecule has 0 aliphatic carbocycles. The first-order valence-electron chi connectivity index (χ1n) is 10.6. The third-order valence-electron chi connectivity index (χ3n) is 5.54. The molecule has 11 nitrogen and oxygen atoms in total. The fourth-order valence-electron chi connectivity index (χ4n) is 3.93. The lowest BCUT2D eigenvalue weighted by atomic mass is 9.95. The normalized spacial score (nSPS) is 14.7. The van der Waals surface area contributed by atoms with Crippen LogP contribution in [0.1, 0.15) is 18.5 Å². The van der Waals surface area contributed by atoms with E-state index in [0.717, 1.165) is 0 Å². The molecule has 2 aromatic heterocycles. The van der Waals surface area contributed by atoms with E-state index in [9.17, 15) is 20.0 Å². The molecular weight excluding hydrogens is 450 g/mol. The Morgan fingerprint density at radius 1 is 1.17 bits per heavy atom. The number of hydrogen-bond donors (Lipinski definition) is 3. The summed E-state index contributed by atoms with van der Waals surface area (Å²) in [6.07, 6.45) is 3.14. The van der Waals surface area contributed by atoms with Crippen LogP contribution in [0.2, 0.25) is 0 Å². The third-order valence-corrected chi connectivity index (χ3v) is 5.54. The van der Waals surface area contributed by atoms with Crippen LogP contribution in [0, 0.1) is 10.1 Å². The molecule has 174 valence electrons. The summed E-state index contributed by atoms with van der Waals surface area (Å²) in [7, 11) is 0. The number of non-ortho nitro benzene ring substituents is 1. The third kappa shape index (κ3) is 4.17. The Balaban J connectivity index is 1.61. The van der Waals surface area contributed by atoms with Crippen LogP contribution in [-0.4, -0.2) is 35.7 Å². The van der Waals surface area contributed by atoms with Gasteiger partial charge in [0.25, 0.3) is 11.6 Å². The van der Waals surface area contributed by atoms with Crippen LogP contribution in [-0.2, 0) is 4.79 Å². The average molecular weight is 469 g/mol. The Morgan fingerprint density at radius 2 is 1.97 bits per heavy atom. The number of carbonyl (C=O) groups excluding carboxylic acids is 1. The second kappa shape index (κ2) is 8.71. The number of aromatic hydroxyl groups is 1. The fraction of sp³-hybridized carbons (Fsp3) is 0.0833. The van der Waals surface area contributed by atoms with E-state index in [2.05, 4.69) is 25.7 Å². The number of nitrogens with one attached hydrogen (secondary N) is 2. The molecule has 1 atom stereocenters. The Kier molecular flexibility index (Phi) is 5.41. The van der Waals surface area contributed by atoms with Crippen molar-refractivity contribution in [3.05, 3.63) is 100 Å². The second-order valence-electron chi connectivity index (χ2n) is 7.86. The maximum absolute atomic E-state index is 13.4. The number of rotatable bonds is 5. The quantitative estimate of drug-likeness (QED) is 0.295. The van der Waals surface area contributed by atoms with E-state index in [1.807, 2.05) is 0 Å². The minimum Gasteiger partial charge on any atom is -0.508 e. The number of nitro benzene ring substituents is 1. The summed E-state index contributed by atoms with van der Waals surface area (Å²) >= 11 is 0. The first-order chi connectivity index (χ1) is 16.9. The van der Waals surface area contributed by atoms with Crippen LogP contribution in [0.25, 0.3) is 11.4 Å². The molecule has 0 saturated heterocycles. The standard InChI is InChI=1S/C24H19N7O4/c1-14-20(23(33)27-17-5-3-11-25-13-17)21(15-7-9-18(10-8-15)31(34)35)30-24(26-14)28-22(29-30)16-4-2-6-19(32)12-16/h2-13,21,32H,1H3,(H,27,33)(H,26,28,29). The van der Waals surface area contributed by atoms with Gasteiger partial charge in [-0.1, -0.05) is 12.1 Å². The van der Waals surface area contributed by atoms with Gasteiger partial charge in [0.1, 0.15) is 11.8 Å². The molecule has 0 radical (unpaired) electrons. The van der Waals surface area contributed by atoms with Crippen LogP contribution >= 0.6 is 0 Å². The van der Waals surface area contributed by atoms with Crippen LogP contribution in [0.5, 0.6) is 5.75 Å². The lowest BCUT2D eigenvalue weighted by Crippen LogP contribution is -2.31. The van der Waals surface area contributed by atoms with Gasteiger partial charge in [0.2, 0.25) is 5.95 Å². The first kappa shape index (κ1) is 21.8. The lowest BCUT2D eigenvalue weighted by molar-refractivity contribution is -0.384. The number of phenolic OH excluding ortho intramolecular Hbond substituents is 1. The predicted octanol–water partition coefficient (Wildman–Crippen LogP) is 3.88. The summed E-state index contributed by atoms with van der Waals surface area (Å²) in [4.78, 5) is 32.7. The van der Waals surface area contributed by atoms with Gasteiger partial charge in [-0.15, -0.1) is 5.10 Å². The van der Waals surface area contributed by atoms with Crippen molar-refractivity contribution < 1.29 is 14.8 Å². The van der Waals surface area contributed by atoms with Crippen molar-refractivity contribution in [2.45, 2.75) is 13.0 Å². The Labute approximate surface area is 198 Å². The number of fused-ring (bicyclic) bond motifs is 1. The maximum Gasteiger partial charge on any atom is 0.269 e. The van der Waals surface area contributed by atoms with Gasteiger partial charge in [0, 0.05) is 29.6 Å². The number of phenols is 1. The van der Waals surface area contributed by atoms with Crippen molar-refractivity contribution in [2.75, 3.05) is 10.6 Å². The monoisotopic (exact) mass is 469 g/mol. The number of pyridine rings is 1. The number of allylic oxidation sites excluding steroid dienone is 1. The molecule has 0 spiro atoms. The van der Waals surface area contributed by atoms with Crippen LogP contribution in [0.15, 0.2) is 84.3 Å². The minimum atomic E-state index is -0.720. The highest BCUT2D eigenvalue weighted by Gasteiger charge is 2.34. The van der Waals surface area contributed by atoms with Gasteiger partial charge in [0.05, 0.1) is 22.4 Å². The van der Waals surface area contributed by atoms with E-state index in [4.69, 9.17) is 0 Å². The Morgan fingerprint density at radius 3 is 2.66 bits per heavy atom. The number of carbonyl (C=O) groups is 1. The Bertz CT molecular complexity index is 1460. The first-order valence-corrected chi connectivity index (χ1v) is 10.6. The summed E-state index contributed by atoms with van der Waals surface area (Å²) in [5.74, 6) is 0.423. The second-order valence-corrected chi connectivity index (χ2v) is 7.86. The highest BCUT2D eigenvalue weighted by Crippen LogP contribution is 2.37. The number of aromatic nitrogens is 4. The highest BCUT2D eigenvalue weighted by atomic mass is 16.6. The molecule has 3 heterocycles. The Hall–Kier alpha value is -5.06. The van der Waals surface area contributed by atoms with Gasteiger partial charge >= 0.3 is 0 Å². The van der Waals surface area contributed by atoms with Crippen LogP contribution < -0.4 is 10.6 Å². The molecule has 1 aliphatic heterocycles. The number of nitro groups is 1. The van der Waals surface area contributed by atoms with E-state index in [1.165, 1.54) is 18.3 Å². The summed E-state index contributed by atoms with van der Waals surface area (Å²) in [5.41, 5.74) is 2.57. The summed E-state index contributed by atoms with van der Waals surface area (Å²) < 4.78 is 1.56. The van der Waals surface area contributed by atoms with E-state index in [-0.39, 0.29) is 17.3 Å². The molecule has 0 fully saturated rings. The number of amides is 1. The summed E-state index contributed by atoms with van der Waals surface area (Å²) in [6, 6.07) is 15.2. The molecule has 5 rings (SSSR count). The van der Waals surface area contributed by atoms with Gasteiger partial charge in [-0.25, -0.2) is 4.68 Å². The van der Waals surface area contributed by atoms with Crippen molar-refractivity contribution in [1.82, 2.24) is 19.7 Å². The topological polar surface area (TPSA) is 148 Å². The molecule has 35 heavy (non-hydrogen) atoms.